The molecule has 1 aromatic carbocycles. The van der Waals surface area contributed by atoms with E-state index in [9.17, 15) is 22.4 Å². The number of ether oxygens (including phenoxy) is 1. The number of fused-ring (bicyclic) bond motifs is 4. The number of sulfonamides is 1. The lowest BCUT2D eigenvalue weighted by Gasteiger charge is -2.43. The molecule has 0 aliphatic carbocycles. The zero-order valence-electron chi connectivity index (χ0n) is 17.1. The van der Waals surface area contributed by atoms with E-state index in [1.54, 1.807) is 17.7 Å². The number of hydrogen-bond donors (Lipinski definition) is 1. The molecule has 2 bridgehead atoms. The molecule has 4 rings (SSSR count). The SMILES string of the molecule is COCCC(=O)N1C[C@H]2C[C@H](C1)c1ccc(NS(=O)(=O)c3cccc(F)c3)c(=O)n1C2. The first-order valence-corrected chi connectivity index (χ1v) is 11.6. The van der Waals surface area contributed by atoms with Crippen molar-refractivity contribution in [3.05, 3.63) is 58.3 Å². The van der Waals surface area contributed by atoms with E-state index in [0.29, 0.717) is 32.7 Å². The Morgan fingerprint density at radius 3 is 2.77 bits per heavy atom. The van der Waals surface area contributed by atoms with Crippen LogP contribution in [0.15, 0.2) is 46.1 Å². The standard InChI is InChI=1S/C21H24FN3O5S/c1-30-8-7-20(26)24-11-14-9-15(13-24)19-6-5-18(21(27)25(19)12-14)23-31(28,29)17-4-2-3-16(22)10-17/h2-6,10,14-15,23H,7-9,11-13H2,1H3/t14-,15-/m1/s1. The number of carbonyl (C=O) groups is 1. The van der Waals surface area contributed by atoms with Gasteiger partial charge in [0.05, 0.1) is 17.9 Å². The third kappa shape index (κ3) is 4.35. The van der Waals surface area contributed by atoms with Gasteiger partial charge in [0.25, 0.3) is 15.6 Å². The zero-order chi connectivity index (χ0) is 22.2. The van der Waals surface area contributed by atoms with Gasteiger partial charge in [0.2, 0.25) is 5.91 Å². The number of hydrogen-bond acceptors (Lipinski definition) is 5. The summed E-state index contributed by atoms with van der Waals surface area (Å²) < 4.78 is 47.5. The first kappa shape index (κ1) is 21.5. The Balaban J connectivity index is 1.58. The number of nitrogens with zero attached hydrogens (tertiary/aromatic N) is 2. The molecule has 31 heavy (non-hydrogen) atoms. The molecular weight excluding hydrogens is 425 g/mol. The van der Waals surface area contributed by atoms with Gasteiger partial charge in [-0.3, -0.25) is 14.3 Å². The molecule has 1 amide bonds. The van der Waals surface area contributed by atoms with Crippen LogP contribution in [0.25, 0.3) is 0 Å². The lowest BCUT2D eigenvalue weighted by Crippen LogP contribution is -2.49. The van der Waals surface area contributed by atoms with E-state index in [0.717, 1.165) is 24.2 Å². The summed E-state index contributed by atoms with van der Waals surface area (Å²) in [5.74, 6) is -0.514. The molecule has 1 fully saturated rings. The zero-order valence-corrected chi connectivity index (χ0v) is 17.9. The minimum atomic E-state index is -4.10. The van der Waals surface area contributed by atoms with Crippen molar-refractivity contribution in [2.45, 2.75) is 30.2 Å². The highest BCUT2D eigenvalue weighted by Crippen LogP contribution is 2.35. The second-order valence-corrected chi connectivity index (χ2v) is 9.67. The van der Waals surface area contributed by atoms with Crippen LogP contribution in [0.2, 0.25) is 0 Å². The van der Waals surface area contributed by atoms with Crippen molar-refractivity contribution < 1.29 is 22.3 Å². The van der Waals surface area contributed by atoms with Crippen molar-refractivity contribution >= 4 is 21.6 Å². The van der Waals surface area contributed by atoms with Gasteiger partial charge in [-0.05, 0) is 42.7 Å². The summed E-state index contributed by atoms with van der Waals surface area (Å²) in [4.78, 5) is 27.0. The van der Waals surface area contributed by atoms with Gasteiger partial charge in [0.15, 0.2) is 0 Å². The Morgan fingerprint density at radius 2 is 2.03 bits per heavy atom. The maximum atomic E-state index is 13.4. The topological polar surface area (TPSA) is 97.7 Å². The van der Waals surface area contributed by atoms with Crippen LogP contribution in [0.4, 0.5) is 10.1 Å². The first-order valence-electron chi connectivity index (χ1n) is 10.1. The van der Waals surface area contributed by atoms with E-state index < -0.39 is 21.4 Å². The molecule has 0 saturated carbocycles. The number of aromatic nitrogens is 1. The Hall–Kier alpha value is -2.72. The number of piperidine rings is 1. The highest BCUT2D eigenvalue weighted by Gasteiger charge is 2.36. The molecule has 0 radical (unpaired) electrons. The van der Waals surface area contributed by atoms with E-state index in [2.05, 4.69) is 4.72 Å². The van der Waals surface area contributed by atoms with Crippen LogP contribution >= 0.6 is 0 Å². The molecule has 2 atom stereocenters. The average molecular weight is 450 g/mol. The molecule has 2 aliphatic rings. The number of methoxy groups -OCH3 is 1. The second-order valence-electron chi connectivity index (χ2n) is 7.99. The highest BCUT2D eigenvalue weighted by atomic mass is 32.2. The van der Waals surface area contributed by atoms with Crippen LogP contribution in [0.1, 0.15) is 24.5 Å². The van der Waals surface area contributed by atoms with Crippen molar-refractivity contribution in [1.29, 1.82) is 0 Å². The van der Waals surface area contributed by atoms with E-state index in [1.807, 2.05) is 4.90 Å². The summed E-state index contributed by atoms with van der Waals surface area (Å²) in [7, 11) is -2.54. The molecule has 2 aliphatic heterocycles. The predicted octanol–water partition coefficient (Wildman–Crippen LogP) is 1.77. The number of nitrogens with one attached hydrogen (secondary N) is 1. The number of rotatable bonds is 6. The second kappa shape index (κ2) is 8.43. The van der Waals surface area contributed by atoms with Gasteiger partial charge in [-0.1, -0.05) is 6.07 Å². The average Bonchev–Trinajstić information content (AvgIpc) is 2.74. The van der Waals surface area contributed by atoms with Gasteiger partial charge in [-0.2, -0.15) is 0 Å². The maximum absolute atomic E-state index is 13.4. The number of carbonyl (C=O) groups excluding carboxylic acids is 1. The first-order chi connectivity index (χ1) is 14.8. The number of pyridine rings is 1. The van der Waals surface area contributed by atoms with Gasteiger partial charge in [0, 0.05) is 38.4 Å². The van der Waals surface area contributed by atoms with Crippen LogP contribution in [0.5, 0.6) is 0 Å². The summed E-state index contributed by atoms with van der Waals surface area (Å²) in [6.07, 6.45) is 1.20. The summed E-state index contributed by atoms with van der Waals surface area (Å²) in [5.41, 5.74) is 0.270. The fraction of sp³-hybridized carbons (Fsp3) is 0.429. The monoisotopic (exact) mass is 449 g/mol. The summed E-state index contributed by atoms with van der Waals surface area (Å²) in [6.45, 7) is 1.86. The van der Waals surface area contributed by atoms with Crippen LogP contribution < -0.4 is 10.3 Å². The van der Waals surface area contributed by atoms with Gasteiger partial charge in [-0.25, -0.2) is 12.8 Å². The smallest absolute Gasteiger partial charge is 0.275 e. The Kier molecular flexibility index (Phi) is 5.85. The number of likely N-dealkylation sites (tertiary alicyclic amines) is 1. The number of halogens is 1. The third-order valence-corrected chi connectivity index (χ3v) is 7.19. The molecule has 3 heterocycles. The van der Waals surface area contributed by atoms with Gasteiger partial charge < -0.3 is 14.2 Å². The lowest BCUT2D eigenvalue weighted by molar-refractivity contribution is -0.134. The molecule has 1 saturated heterocycles. The predicted molar refractivity (Wildman–Crippen MR) is 112 cm³/mol. The normalized spacial score (nSPS) is 20.3. The van der Waals surface area contributed by atoms with E-state index >= 15 is 0 Å². The summed E-state index contributed by atoms with van der Waals surface area (Å²) in [6, 6.07) is 7.78. The fourth-order valence-electron chi connectivity index (χ4n) is 4.41. The van der Waals surface area contributed by atoms with Crippen molar-refractivity contribution in [2.24, 2.45) is 5.92 Å². The van der Waals surface area contributed by atoms with Crippen molar-refractivity contribution in [3.63, 3.8) is 0 Å². The molecular formula is C21H24FN3O5S. The molecule has 0 unspecified atom stereocenters. The molecule has 2 aromatic rings. The van der Waals surface area contributed by atoms with Crippen LogP contribution in [0.3, 0.4) is 0 Å². The molecule has 166 valence electrons. The largest absolute Gasteiger partial charge is 0.384 e. The van der Waals surface area contributed by atoms with Crippen LogP contribution in [-0.2, 0) is 26.1 Å². The van der Waals surface area contributed by atoms with Gasteiger partial charge >= 0.3 is 0 Å². The summed E-state index contributed by atoms with van der Waals surface area (Å²) >= 11 is 0. The van der Waals surface area contributed by atoms with E-state index in [1.165, 1.54) is 18.2 Å². The minimum Gasteiger partial charge on any atom is -0.384 e. The van der Waals surface area contributed by atoms with Gasteiger partial charge in [0.1, 0.15) is 11.5 Å². The molecule has 1 N–H and O–H groups in total. The fourth-order valence-corrected chi connectivity index (χ4v) is 5.50. The number of amides is 1. The molecule has 1 aromatic heterocycles. The molecule has 0 spiro atoms. The minimum absolute atomic E-state index is 0.0144. The van der Waals surface area contributed by atoms with Crippen molar-refractivity contribution in [1.82, 2.24) is 9.47 Å². The van der Waals surface area contributed by atoms with Crippen molar-refractivity contribution in [3.8, 4) is 0 Å². The quantitative estimate of drug-likeness (QED) is 0.725. The Bertz CT molecular complexity index is 1160. The Morgan fingerprint density at radius 1 is 1.23 bits per heavy atom. The summed E-state index contributed by atoms with van der Waals surface area (Å²) in [5, 5.41) is 0. The number of benzene rings is 1. The highest BCUT2D eigenvalue weighted by molar-refractivity contribution is 7.92. The molecule has 10 heteroatoms. The number of anilines is 1. The van der Waals surface area contributed by atoms with Crippen molar-refractivity contribution in [2.75, 3.05) is 31.5 Å². The Labute approximate surface area is 179 Å². The van der Waals surface area contributed by atoms with E-state index in [4.69, 9.17) is 4.74 Å². The van der Waals surface area contributed by atoms with Crippen LogP contribution in [-0.4, -0.2) is 50.6 Å². The maximum Gasteiger partial charge on any atom is 0.275 e. The third-order valence-electron chi connectivity index (χ3n) is 5.83. The van der Waals surface area contributed by atoms with Crippen LogP contribution in [0, 0.1) is 11.7 Å². The lowest BCUT2D eigenvalue weighted by atomic mass is 9.83. The van der Waals surface area contributed by atoms with E-state index in [-0.39, 0.29) is 28.3 Å². The molecule has 8 nitrogen and oxygen atoms in total. The van der Waals surface area contributed by atoms with Gasteiger partial charge in [-0.15, -0.1) is 0 Å².